The van der Waals surface area contributed by atoms with Crippen molar-refractivity contribution >= 4 is 75.4 Å². The fourth-order valence-corrected chi connectivity index (χ4v) is 1.17. The van der Waals surface area contributed by atoms with Gasteiger partial charge in [0.2, 0.25) is 0 Å². The van der Waals surface area contributed by atoms with Gasteiger partial charge < -0.3 is 76.6 Å². The summed E-state index contributed by atoms with van der Waals surface area (Å²) in [6.45, 7) is 0. The summed E-state index contributed by atoms with van der Waals surface area (Å²) >= 11 is 0. The Morgan fingerprint density at radius 1 is 0.469 bits per heavy atom. The van der Waals surface area contributed by atoms with Crippen LogP contribution in [-0.2, 0) is 28.8 Å². The normalized spacial score (nSPS) is 11.7. The Labute approximate surface area is 208 Å². The van der Waals surface area contributed by atoms with E-state index in [1.54, 1.807) is 0 Å². The summed E-state index contributed by atoms with van der Waals surface area (Å²) in [4.78, 5) is 58.8. The first-order valence-corrected chi connectivity index (χ1v) is 8.10. The molecule has 0 rings (SSSR count). The van der Waals surface area contributed by atoms with E-state index in [4.69, 9.17) is 17.2 Å². The zero-order valence-corrected chi connectivity index (χ0v) is 21.6. The Bertz CT molecular complexity index is 525. The maximum atomic E-state index is 9.86. The molecule has 32 heavy (non-hydrogen) atoms. The molecule has 0 spiro atoms. The zero-order chi connectivity index (χ0) is 24.4. The number of rotatable bonds is 12. The van der Waals surface area contributed by atoms with Crippen LogP contribution in [0.1, 0.15) is 38.5 Å². The molecule has 0 aliphatic rings. The van der Waals surface area contributed by atoms with Gasteiger partial charge in [0, 0.05) is 36.0 Å². The second-order valence-corrected chi connectivity index (χ2v) is 5.51. The summed E-state index contributed by atoms with van der Waals surface area (Å²) in [5, 5.41) is 58.8. The number of hydrogen-bond donors (Lipinski definition) is 3. The van der Waals surface area contributed by atoms with Gasteiger partial charge in [0.05, 0.1) is 17.9 Å². The van der Waals surface area contributed by atoms with Crippen molar-refractivity contribution in [1.29, 1.82) is 0 Å². The van der Waals surface area contributed by atoms with Gasteiger partial charge in [-0.3, -0.25) is 0 Å². The Morgan fingerprint density at radius 3 is 0.719 bits per heavy atom. The van der Waals surface area contributed by atoms with Crippen molar-refractivity contribution < 1.29 is 59.4 Å². The molecule has 0 bridgehead atoms. The molecular weight excluding hydrogens is 554 g/mol. The summed E-state index contributed by atoms with van der Waals surface area (Å²) in [5.74, 6) is -8.26. The van der Waals surface area contributed by atoms with Crippen molar-refractivity contribution in [2.45, 2.75) is 56.7 Å². The van der Waals surface area contributed by atoms with Gasteiger partial charge in [0.15, 0.2) is 0 Å². The quantitative estimate of drug-likeness (QED) is 0.182. The van der Waals surface area contributed by atoms with Crippen LogP contribution in [0.25, 0.3) is 0 Å². The van der Waals surface area contributed by atoms with Gasteiger partial charge in [-0.15, -0.1) is 0 Å². The van der Waals surface area contributed by atoms with Crippen LogP contribution in [0.2, 0.25) is 0 Å². The second kappa shape index (κ2) is 23.6. The molecule has 0 aliphatic heterocycles. The van der Waals surface area contributed by atoms with Crippen LogP contribution in [-0.4, -0.2) is 93.5 Å². The van der Waals surface area contributed by atoms with Crippen molar-refractivity contribution in [2.75, 3.05) is 0 Å². The third-order valence-electron chi connectivity index (χ3n) is 2.89. The van der Waals surface area contributed by atoms with Crippen LogP contribution in [0.3, 0.4) is 0 Å². The molecule has 0 saturated heterocycles. The van der Waals surface area contributed by atoms with Crippen molar-refractivity contribution in [3.63, 3.8) is 0 Å². The minimum atomic E-state index is -1.44. The van der Waals surface area contributed by atoms with Gasteiger partial charge in [0.25, 0.3) is 0 Å². The largest absolute Gasteiger partial charge is 3.00 e. The number of carbonyl (C=O) groups is 6. The molecule has 6 N–H and O–H groups in total. The molecule has 0 heterocycles. The molecule has 0 aromatic carbocycles. The number of carboxylic acid groups (broad SMARTS) is 6. The van der Waals surface area contributed by atoms with E-state index < -0.39 is 53.9 Å². The predicted molar refractivity (Wildman–Crippen MR) is 93.2 cm³/mol. The standard InChI is InChI=1S/3C5H9NO4.2Ga/c3*6-3(5(9)10)1-2-4(7)8;;/h3*3H,1-2,6H2,(H,7,8)(H,9,10);;/q;;;2*+3/p-6. The fraction of sp³-hybridized carbons (Fsp3) is 0.600. The van der Waals surface area contributed by atoms with Crippen LogP contribution >= 0.6 is 0 Å². The molecule has 0 aliphatic carbocycles. The SMILES string of the molecule is NC(CCC(=O)[O-])C(=O)[O-].NC(CCC(=O)[O-])C(=O)[O-].NC(CCC(=O)[O-])C(=O)[O-].[Ga+3].[Ga+3]. The van der Waals surface area contributed by atoms with Gasteiger partial charge in [-0.05, 0) is 38.5 Å². The van der Waals surface area contributed by atoms with Crippen molar-refractivity contribution in [3.8, 4) is 0 Å². The van der Waals surface area contributed by atoms with E-state index in [2.05, 4.69) is 0 Å². The van der Waals surface area contributed by atoms with Gasteiger partial charge in [0.1, 0.15) is 0 Å². The second-order valence-electron chi connectivity index (χ2n) is 5.51. The summed E-state index contributed by atoms with van der Waals surface area (Å²) in [6, 6.07) is -3.63. The van der Waals surface area contributed by atoms with Crippen LogP contribution in [0.5, 0.6) is 0 Å². The van der Waals surface area contributed by atoms with E-state index in [0.29, 0.717) is 0 Å². The van der Waals surface area contributed by atoms with Crippen LogP contribution in [0.15, 0.2) is 0 Å². The third kappa shape index (κ3) is 32.6. The van der Waals surface area contributed by atoms with E-state index in [-0.39, 0.29) is 78.1 Å². The Kier molecular flexibility index (Phi) is 29.8. The summed E-state index contributed by atoms with van der Waals surface area (Å²) in [6.07, 6.45) is -1.50. The third-order valence-corrected chi connectivity index (χ3v) is 2.89. The Balaban J connectivity index is -0.000000110. The van der Waals surface area contributed by atoms with Crippen molar-refractivity contribution in [1.82, 2.24) is 0 Å². The van der Waals surface area contributed by atoms with E-state index in [0.717, 1.165) is 0 Å². The number of carboxylic acids is 6. The maximum Gasteiger partial charge on any atom is 3.00 e. The molecular formula is C15H21Ga2N3O12. The summed E-state index contributed by atoms with van der Waals surface area (Å²) in [7, 11) is 0. The molecule has 17 heteroatoms. The Morgan fingerprint density at radius 2 is 0.625 bits per heavy atom. The molecule has 0 fully saturated rings. The first-order valence-electron chi connectivity index (χ1n) is 8.10. The molecule has 0 radical (unpaired) electrons. The number of aliphatic carboxylic acids is 6. The Hall–Kier alpha value is -2.03. The van der Waals surface area contributed by atoms with E-state index in [1.165, 1.54) is 0 Å². The topological polar surface area (TPSA) is 319 Å². The first kappa shape index (κ1) is 40.3. The minimum Gasteiger partial charge on any atom is -0.550 e. The van der Waals surface area contributed by atoms with Gasteiger partial charge in [-0.1, -0.05) is 0 Å². The molecule has 0 saturated carbocycles. The molecule has 3 atom stereocenters. The van der Waals surface area contributed by atoms with Gasteiger partial charge in [-0.2, -0.15) is 0 Å². The molecule has 0 aromatic rings. The van der Waals surface area contributed by atoms with Crippen LogP contribution in [0.4, 0.5) is 0 Å². The predicted octanol–water partition coefficient (Wildman–Crippen LogP) is -11.0. The van der Waals surface area contributed by atoms with E-state index in [9.17, 15) is 59.4 Å². The molecule has 0 amide bonds. The molecule has 15 nitrogen and oxygen atoms in total. The number of carbonyl (C=O) groups excluding carboxylic acids is 6. The molecule has 174 valence electrons. The summed E-state index contributed by atoms with van der Waals surface area (Å²) in [5.41, 5.74) is 14.7. The van der Waals surface area contributed by atoms with Crippen molar-refractivity contribution in [3.05, 3.63) is 0 Å². The molecule has 0 aromatic heterocycles. The van der Waals surface area contributed by atoms with E-state index >= 15 is 0 Å². The average Bonchev–Trinajstić information content (AvgIpc) is 2.62. The number of nitrogens with two attached hydrogens (primary N) is 3. The first-order chi connectivity index (χ1) is 13.6. The van der Waals surface area contributed by atoms with Gasteiger partial charge in [-0.25, -0.2) is 0 Å². The number of hydrogen-bond acceptors (Lipinski definition) is 15. The molecule has 3 unspecified atom stereocenters. The van der Waals surface area contributed by atoms with E-state index in [1.807, 2.05) is 0 Å². The summed E-state index contributed by atoms with van der Waals surface area (Å²) < 4.78 is 0. The van der Waals surface area contributed by atoms with Gasteiger partial charge >= 0.3 is 39.6 Å². The fourth-order valence-electron chi connectivity index (χ4n) is 1.17. The minimum absolute atomic E-state index is 0. The maximum absolute atomic E-state index is 9.86. The van der Waals surface area contributed by atoms with Crippen molar-refractivity contribution in [2.24, 2.45) is 17.2 Å². The monoisotopic (exact) mass is 573 g/mol. The van der Waals surface area contributed by atoms with Crippen LogP contribution < -0.4 is 47.8 Å². The zero-order valence-electron chi connectivity index (χ0n) is 16.8. The smallest absolute Gasteiger partial charge is 0.550 e. The average molecular weight is 575 g/mol. The van der Waals surface area contributed by atoms with Crippen LogP contribution in [0, 0.1) is 0 Å².